The van der Waals surface area contributed by atoms with Gasteiger partial charge in [0.1, 0.15) is 12.7 Å². The first-order valence-corrected chi connectivity index (χ1v) is 6.40. The van der Waals surface area contributed by atoms with Crippen LogP contribution in [0.2, 0.25) is 0 Å². The molecule has 0 aromatic carbocycles. The summed E-state index contributed by atoms with van der Waals surface area (Å²) in [5, 5.41) is 13.8. The monoisotopic (exact) mass is 282 g/mol. The summed E-state index contributed by atoms with van der Waals surface area (Å²) < 4.78 is 1.40. The van der Waals surface area contributed by atoms with E-state index < -0.39 is 6.10 Å². The van der Waals surface area contributed by atoms with Crippen LogP contribution in [0.25, 0.3) is 5.95 Å². The second kappa shape index (κ2) is 5.91. The highest BCUT2D eigenvalue weighted by Crippen LogP contribution is 2.22. The summed E-state index contributed by atoms with van der Waals surface area (Å²) >= 11 is 1.32. The molecule has 0 radical (unpaired) electrons. The van der Waals surface area contributed by atoms with E-state index >= 15 is 0 Å². The van der Waals surface area contributed by atoms with E-state index in [0.29, 0.717) is 11.1 Å². The van der Waals surface area contributed by atoms with Gasteiger partial charge in [0, 0.05) is 5.25 Å². The number of nitrogens with one attached hydrogen (secondary N) is 1. The molecule has 0 aliphatic heterocycles. The molecule has 9 nitrogen and oxygen atoms in total. The molecule has 0 aliphatic rings. The maximum atomic E-state index is 9.50. The quantitative estimate of drug-likeness (QED) is 0.381. The fourth-order valence-electron chi connectivity index (χ4n) is 1.14. The van der Waals surface area contributed by atoms with Gasteiger partial charge in [-0.3, -0.25) is 5.43 Å². The Labute approximate surface area is 113 Å². The molecule has 0 amide bonds. The second-order valence-corrected chi connectivity index (χ2v) is 5.13. The van der Waals surface area contributed by atoms with Crippen molar-refractivity contribution in [2.24, 2.45) is 5.84 Å². The molecule has 0 aliphatic carbocycles. The molecule has 2 unspecified atom stereocenters. The Morgan fingerprint density at radius 3 is 2.74 bits per heavy atom. The van der Waals surface area contributed by atoms with Crippen LogP contribution < -0.4 is 11.3 Å². The number of hydrogen-bond donors (Lipinski definition) is 3. The van der Waals surface area contributed by atoms with Gasteiger partial charge in [-0.1, -0.05) is 18.7 Å². The lowest BCUT2D eigenvalue weighted by atomic mass is 10.3. The molecule has 2 aromatic rings. The van der Waals surface area contributed by atoms with Crippen LogP contribution >= 0.6 is 11.8 Å². The summed E-state index contributed by atoms with van der Waals surface area (Å²) in [5.74, 6) is 5.85. The average molecular weight is 282 g/mol. The predicted octanol–water partition coefficient (Wildman–Crippen LogP) is -0.401. The number of nitrogen functional groups attached to an aromatic ring is 1. The number of nitrogens with two attached hydrogens (primary N) is 1. The fourth-order valence-corrected chi connectivity index (χ4v) is 1.94. The van der Waals surface area contributed by atoms with Crippen molar-refractivity contribution in [2.45, 2.75) is 30.4 Å². The Balaban J connectivity index is 2.31. The van der Waals surface area contributed by atoms with Gasteiger partial charge in [-0.05, 0) is 6.92 Å². The van der Waals surface area contributed by atoms with Crippen molar-refractivity contribution in [3.05, 3.63) is 12.7 Å². The minimum Gasteiger partial charge on any atom is -0.392 e. The van der Waals surface area contributed by atoms with Crippen molar-refractivity contribution in [2.75, 3.05) is 5.43 Å². The number of aliphatic hydroxyl groups is 1. The molecule has 0 saturated heterocycles. The van der Waals surface area contributed by atoms with E-state index in [4.69, 9.17) is 5.84 Å². The van der Waals surface area contributed by atoms with Crippen molar-refractivity contribution < 1.29 is 5.11 Å². The summed E-state index contributed by atoms with van der Waals surface area (Å²) in [6.07, 6.45) is 2.37. The number of aliphatic hydroxyl groups excluding tert-OH is 1. The number of anilines is 1. The van der Waals surface area contributed by atoms with Crippen LogP contribution in [-0.2, 0) is 0 Å². The molecule has 102 valence electrons. The summed E-state index contributed by atoms with van der Waals surface area (Å²) in [7, 11) is 0. The molecule has 2 atom stereocenters. The van der Waals surface area contributed by atoms with E-state index in [1.54, 1.807) is 6.92 Å². The van der Waals surface area contributed by atoms with Gasteiger partial charge in [0.05, 0.1) is 6.10 Å². The largest absolute Gasteiger partial charge is 0.392 e. The molecule has 0 bridgehead atoms. The Bertz CT molecular complexity index is 531. The van der Waals surface area contributed by atoms with Gasteiger partial charge in [0.15, 0.2) is 5.16 Å². The molecular weight excluding hydrogens is 268 g/mol. The SMILES string of the molecule is CC(O)C(C)Sc1nc(NN)nc(-n2cncn2)n1. The van der Waals surface area contributed by atoms with Gasteiger partial charge >= 0.3 is 0 Å². The number of rotatable bonds is 5. The zero-order valence-electron chi connectivity index (χ0n) is 10.4. The maximum Gasteiger partial charge on any atom is 0.257 e. The molecule has 19 heavy (non-hydrogen) atoms. The van der Waals surface area contributed by atoms with E-state index in [9.17, 15) is 5.11 Å². The third-order valence-corrected chi connectivity index (χ3v) is 3.49. The third kappa shape index (κ3) is 3.36. The highest BCUT2D eigenvalue weighted by molar-refractivity contribution is 7.99. The summed E-state index contributed by atoms with van der Waals surface area (Å²) in [6, 6.07) is 0. The topological polar surface area (TPSA) is 128 Å². The van der Waals surface area contributed by atoms with Gasteiger partial charge in [-0.2, -0.15) is 24.7 Å². The molecule has 0 spiro atoms. The first kappa shape index (κ1) is 13.6. The van der Waals surface area contributed by atoms with Gasteiger partial charge in [-0.15, -0.1) is 0 Å². The Kier molecular flexibility index (Phi) is 4.24. The lowest BCUT2D eigenvalue weighted by molar-refractivity contribution is 0.196. The number of aromatic nitrogens is 6. The van der Waals surface area contributed by atoms with Crippen LogP contribution in [0, 0.1) is 0 Å². The van der Waals surface area contributed by atoms with E-state index in [1.165, 1.54) is 29.1 Å². The second-order valence-electron chi connectivity index (χ2n) is 3.79. The average Bonchev–Trinajstić information content (AvgIpc) is 2.92. The summed E-state index contributed by atoms with van der Waals surface area (Å²) in [5.41, 5.74) is 2.37. The van der Waals surface area contributed by atoms with E-state index in [0.717, 1.165) is 0 Å². The van der Waals surface area contributed by atoms with Crippen LogP contribution in [0.3, 0.4) is 0 Å². The first-order valence-electron chi connectivity index (χ1n) is 5.52. The molecule has 2 rings (SSSR count). The lowest BCUT2D eigenvalue weighted by Crippen LogP contribution is -2.18. The van der Waals surface area contributed by atoms with Crippen molar-refractivity contribution in [1.29, 1.82) is 0 Å². The van der Waals surface area contributed by atoms with Crippen LogP contribution in [-0.4, -0.2) is 46.2 Å². The van der Waals surface area contributed by atoms with Gasteiger partial charge in [-0.25, -0.2) is 10.8 Å². The molecule has 10 heteroatoms. The highest BCUT2D eigenvalue weighted by Gasteiger charge is 2.15. The predicted molar refractivity (Wildman–Crippen MR) is 69.6 cm³/mol. The Morgan fingerprint density at radius 2 is 2.16 bits per heavy atom. The highest BCUT2D eigenvalue weighted by atomic mass is 32.2. The Morgan fingerprint density at radius 1 is 1.37 bits per heavy atom. The van der Waals surface area contributed by atoms with E-state index in [1.807, 2.05) is 6.92 Å². The molecule has 0 fully saturated rings. The molecule has 0 saturated carbocycles. The smallest absolute Gasteiger partial charge is 0.257 e. The molecule has 2 aromatic heterocycles. The van der Waals surface area contributed by atoms with Crippen LogP contribution in [0.15, 0.2) is 17.8 Å². The van der Waals surface area contributed by atoms with E-state index in [-0.39, 0.29) is 11.2 Å². The lowest BCUT2D eigenvalue weighted by Gasteiger charge is -2.13. The number of nitrogens with zero attached hydrogens (tertiary/aromatic N) is 6. The first-order chi connectivity index (χ1) is 9.10. The normalized spacial score (nSPS) is 14.1. The zero-order valence-corrected chi connectivity index (χ0v) is 11.2. The molecule has 2 heterocycles. The Hall–Kier alpha value is -1.78. The van der Waals surface area contributed by atoms with Crippen LogP contribution in [0.4, 0.5) is 5.95 Å². The number of hydrogen-bond acceptors (Lipinski definition) is 9. The fraction of sp³-hybridized carbons (Fsp3) is 0.444. The minimum absolute atomic E-state index is 0.0587. The van der Waals surface area contributed by atoms with Gasteiger partial charge < -0.3 is 5.11 Å². The van der Waals surface area contributed by atoms with Gasteiger partial charge in [0.2, 0.25) is 5.95 Å². The standard InChI is InChI=1S/C9H14N8OS/c1-5(18)6(2)19-9-14-7(16-10)13-8(15-9)17-4-11-3-12-17/h3-6,18H,10H2,1-2H3,(H,13,14,15,16). The maximum absolute atomic E-state index is 9.50. The number of hydrazine groups is 1. The van der Waals surface area contributed by atoms with Crippen molar-refractivity contribution >= 4 is 17.7 Å². The van der Waals surface area contributed by atoms with Crippen LogP contribution in [0.5, 0.6) is 0 Å². The molecule has 4 N–H and O–H groups in total. The summed E-state index contributed by atoms with van der Waals surface area (Å²) in [6.45, 7) is 3.59. The minimum atomic E-state index is -0.481. The number of thioether (sulfide) groups is 1. The zero-order chi connectivity index (χ0) is 13.8. The third-order valence-electron chi connectivity index (χ3n) is 2.33. The van der Waals surface area contributed by atoms with Crippen molar-refractivity contribution in [3.63, 3.8) is 0 Å². The van der Waals surface area contributed by atoms with E-state index in [2.05, 4.69) is 30.5 Å². The van der Waals surface area contributed by atoms with Gasteiger partial charge in [0.25, 0.3) is 5.95 Å². The summed E-state index contributed by atoms with van der Waals surface area (Å²) in [4.78, 5) is 16.3. The van der Waals surface area contributed by atoms with Crippen molar-refractivity contribution in [1.82, 2.24) is 29.7 Å². The van der Waals surface area contributed by atoms with Crippen LogP contribution in [0.1, 0.15) is 13.8 Å². The molecular formula is C9H14N8OS. The van der Waals surface area contributed by atoms with Crippen molar-refractivity contribution in [3.8, 4) is 5.95 Å².